The minimum Gasteiger partial charge on any atom is -0.373 e. The van der Waals surface area contributed by atoms with Crippen molar-refractivity contribution in [3.05, 3.63) is 24.0 Å². The third-order valence-corrected chi connectivity index (χ3v) is 8.07. The van der Waals surface area contributed by atoms with Gasteiger partial charge in [-0.05, 0) is 44.1 Å². The highest BCUT2D eigenvalue weighted by Crippen LogP contribution is 2.32. The zero-order valence-electron chi connectivity index (χ0n) is 17.9. The predicted octanol–water partition coefficient (Wildman–Crippen LogP) is 2.43. The lowest BCUT2D eigenvalue weighted by Crippen LogP contribution is -2.25. The Bertz CT molecular complexity index is 1220. The normalized spacial score (nSPS) is 22.7. The Labute approximate surface area is 186 Å². The Morgan fingerprint density at radius 3 is 2.59 bits per heavy atom. The molecular formula is C22H26N6O3S. The van der Waals surface area contributed by atoms with Crippen LogP contribution in [0.15, 0.2) is 28.4 Å². The molecule has 3 aliphatic rings. The van der Waals surface area contributed by atoms with E-state index in [9.17, 15) is 13.2 Å². The van der Waals surface area contributed by atoms with E-state index in [1.54, 1.807) is 25.7 Å². The average Bonchev–Trinajstić information content (AvgIpc) is 3.54. The molecule has 0 aromatic carbocycles. The molecule has 4 heterocycles. The van der Waals surface area contributed by atoms with E-state index in [1.165, 1.54) is 0 Å². The quantitative estimate of drug-likeness (QED) is 0.690. The maximum absolute atomic E-state index is 12.2. The van der Waals surface area contributed by atoms with Gasteiger partial charge in [-0.2, -0.15) is 0 Å². The molecule has 5 rings (SSSR count). The lowest BCUT2D eigenvalue weighted by molar-refractivity contribution is -0.117. The van der Waals surface area contributed by atoms with Crippen molar-refractivity contribution in [2.45, 2.75) is 38.3 Å². The van der Waals surface area contributed by atoms with Gasteiger partial charge in [-0.1, -0.05) is 0 Å². The van der Waals surface area contributed by atoms with Crippen LogP contribution in [0.2, 0.25) is 0 Å². The molecule has 2 N–H and O–H groups in total. The number of anilines is 2. The molecule has 1 amide bonds. The molecule has 9 nitrogen and oxygen atoms in total. The highest BCUT2D eigenvalue weighted by Gasteiger charge is 2.30. The van der Waals surface area contributed by atoms with Gasteiger partial charge in [0.05, 0.1) is 17.2 Å². The summed E-state index contributed by atoms with van der Waals surface area (Å²) in [5.41, 5.74) is 1.57. The number of amides is 1. The molecule has 32 heavy (non-hydrogen) atoms. The van der Waals surface area contributed by atoms with Crippen molar-refractivity contribution >= 4 is 50.1 Å². The average molecular weight is 455 g/mol. The first-order chi connectivity index (χ1) is 15.4. The van der Waals surface area contributed by atoms with E-state index in [2.05, 4.69) is 25.6 Å². The Morgan fingerprint density at radius 2 is 1.88 bits per heavy atom. The summed E-state index contributed by atoms with van der Waals surface area (Å²) in [5, 5.41) is 7.72. The van der Waals surface area contributed by atoms with Crippen LogP contribution in [-0.2, 0) is 14.6 Å². The molecule has 1 unspecified atom stereocenters. The summed E-state index contributed by atoms with van der Waals surface area (Å²) in [6, 6.07) is 1.86. The van der Waals surface area contributed by atoms with Crippen LogP contribution < -0.4 is 10.6 Å². The van der Waals surface area contributed by atoms with E-state index in [1.807, 2.05) is 6.07 Å². The van der Waals surface area contributed by atoms with E-state index < -0.39 is 9.84 Å². The molecule has 1 saturated heterocycles. The third-order valence-electron chi connectivity index (χ3n) is 6.36. The summed E-state index contributed by atoms with van der Waals surface area (Å²) in [4.78, 5) is 30.5. The van der Waals surface area contributed by atoms with Gasteiger partial charge >= 0.3 is 0 Å². The summed E-state index contributed by atoms with van der Waals surface area (Å²) in [6.45, 7) is 0. The van der Waals surface area contributed by atoms with Crippen molar-refractivity contribution in [1.82, 2.24) is 9.97 Å². The zero-order chi connectivity index (χ0) is 22.3. The van der Waals surface area contributed by atoms with E-state index in [0.29, 0.717) is 30.4 Å². The minimum absolute atomic E-state index is 0.00984. The number of hydrogen-bond acceptors (Lipinski definition) is 8. The number of rotatable bonds is 6. The van der Waals surface area contributed by atoms with Gasteiger partial charge in [-0.3, -0.25) is 14.8 Å². The number of carbonyl (C=O) groups is 1. The molecule has 2 aromatic rings. The molecule has 168 valence electrons. The molecule has 10 heteroatoms. The highest BCUT2D eigenvalue weighted by molar-refractivity contribution is 7.91. The number of pyridine rings is 2. The maximum Gasteiger partial charge on any atom is 0.228 e. The molecule has 1 aliphatic carbocycles. The summed E-state index contributed by atoms with van der Waals surface area (Å²) >= 11 is 0. The Kier molecular flexibility index (Phi) is 5.40. The molecule has 0 spiro atoms. The van der Waals surface area contributed by atoms with Crippen molar-refractivity contribution < 1.29 is 13.2 Å². The summed E-state index contributed by atoms with van der Waals surface area (Å²) < 4.78 is 23.4. The number of sulfone groups is 1. The SMILES string of the molecule is CNc1ncc(C2=NC(CC3CCS(=O)(=O)CC3)N=C2)c2cc(NC(=O)C3CC3)ncc12. The molecule has 1 atom stereocenters. The van der Waals surface area contributed by atoms with Crippen molar-refractivity contribution in [2.24, 2.45) is 21.8 Å². The van der Waals surface area contributed by atoms with Crippen LogP contribution in [0.4, 0.5) is 11.6 Å². The smallest absolute Gasteiger partial charge is 0.228 e. The second-order valence-corrected chi connectivity index (χ2v) is 11.1. The fourth-order valence-corrected chi connectivity index (χ4v) is 5.88. The number of nitrogens with zero attached hydrogens (tertiary/aromatic N) is 4. The van der Waals surface area contributed by atoms with Gasteiger partial charge in [0.1, 0.15) is 27.6 Å². The van der Waals surface area contributed by atoms with Gasteiger partial charge < -0.3 is 10.6 Å². The largest absolute Gasteiger partial charge is 0.373 e. The van der Waals surface area contributed by atoms with Crippen molar-refractivity contribution in [2.75, 3.05) is 29.2 Å². The van der Waals surface area contributed by atoms with E-state index in [4.69, 9.17) is 4.99 Å². The van der Waals surface area contributed by atoms with Crippen LogP contribution in [0.25, 0.3) is 10.8 Å². The third kappa shape index (κ3) is 4.36. The van der Waals surface area contributed by atoms with Gasteiger partial charge in [0.25, 0.3) is 0 Å². The number of fused-ring (bicyclic) bond motifs is 1. The van der Waals surface area contributed by atoms with Crippen LogP contribution >= 0.6 is 0 Å². The monoisotopic (exact) mass is 454 g/mol. The van der Waals surface area contributed by atoms with Crippen molar-refractivity contribution in [1.29, 1.82) is 0 Å². The van der Waals surface area contributed by atoms with Gasteiger partial charge in [0, 0.05) is 47.9 Å². The number of nitrogens with one attached hydrogen (secondary N) is 2. The van der Waals surface area contributed by atoms with Gasteiger partial charge in [-0.25, -0.2) is 18.4 Å². The molecule has 0 radical (unpaired) electrons. The fraction of sp³-hybridized carbons (Fsp3) is 0.500. The molecule has 2 fully saturated rings. The van der Waals surface area contributed by atoms with Crippen LogP contribution in [0, 0.1) is 11.8 Å². The highest BCUT2D eigenvalue weighted by atomic mass is 32.2. The van der Waals surface area contributed by atoms with Crippen molar-refractivity contribution in [3.63, 3.8) is 0 Å². The number of aliphatic imine (C=N–C) groups is 2. The zero-order valence-corrected chi connectivity index (χ0v) is 18.7. The second kappa shape index (κ2) is 8.23. The Balaban J connectivity index is 1.40. The molecule has 2 aliphatic heterocycles. The van der Waals surface area contributed by atoms with E-state index in [-0.39, 0.29) is 29.5 Å². The first kappa shape index (κ1) is 21.0. The lowest BCUT2D eigenvalue weighted by Gasteiger charge is -2.22. The van der Waals surface area contributed by atoms with Crippen molar-refractivity contribution in [3.8, 4) is 0 Å². The topological polar surface area (TPSA) is 126 Å². The summed E-state index contributed by atoms with van der Waals surface area (Å²) in [7, 11) is -1.07. The maximum atomic E-state index is 12.2. The number of aromatic nitrogens is 2. The predicted molar refractivity (Wildman–Crippen MR) is 125 cm³/mol. The van der Waals surface area contributed by atoms with Crippen LogP contribution in [0.3, 0.4) is 0 Å². The van der Waals surface area contributed by atoms with E-state index in [0.717, 1.165) is 41.3 Å². The minimum atomic E-state index is -2.87. The summed E-state index contributed by atoms with van der Waals surface area (Å²) in [5.74, 6) is 2.15. The molecule has 0 bridgehead atoms. The van der Waals surface area contributed by atoms with Gasteiger partial charge in [0.2, 0.25) is 5.91 Å². The van der Waals surface area contributed by atoms with Crippen LogP contribution in [-0.4, -0.2) is 60.9 Å². The molecular weight excluding hydrogens is 428 g/mol. The van der Waals surface area contributed by atoms with Gasteiger partial charge in [-0.15, -0.1) is 0 Å². The number of hydrogen-bond donors (Lipinski definition) is 2. The van der Waals surface area contributed by atoms with Crippen LogP contribution in [0.1, 0.15) is 37.7 Å². The molecule has 2 aromatic heterocycles. The first-order valence-corrected chi connectivity index (χ1v) is 12.8. The Morgan fingerprint density at radius 1 is 1.09 bits per heavy atom. The first-order valence-electron chi connectivity index (χ1n) is 11.0. The van der Waals surface area contributed by atoms with Crippen LogP contribution in [0.5, 0.6) is 0 Å². The van der Waals surface area contributed by atoms with E-state index >= 15 is 0 Å². The number of carbonyl (C=O) groups excluding carboxylic acids is 1. The molecule has 1 saturated carbocycles. The standard InChI is InChI=1S/C22H26N6O3S/c1-23-21-17-11-24-20(28-22(29)14-2-3-14)9-15(17)16(10-26-21)18-12-25-19(27-18)8-13-4-6-32(30,31)7-5-13/h9-14,19H,2-8H2,1H3,(H,23,26)(H,24,28,29). The lowest BCUT2D eigenvalue weighted by atomic mass is 9.97. The second-order valence-electron chi connectivity index (χ2n) is 8.75. The Hall–Kier alpha value is -2.88. The summed E-state index contributed by atoms with van der Waals surface area (Å²) in [6.07, 6.45) is 9.01. The van der Waals surface area contributed by atoms with Gasteiger partial charge in [0.15, 0.2) is 0 Å². The fourth-order valence-electron chi connectivity index (χ4n) is 4.29.